The number of aliphatic imine (C=N–C) groups is 1. The topological polar surface area (TPSA) is 29.4 Å². The van der Waals surface area contributed by atoms with Gasteiger partial charge >= 0.3 is 6.18 Å². The van der Waals surface area contributed by atoms with Gasteiger partial charge in [0.2, 0.25) is 0 Å². The van der Waals surface area contributed by atoms with E-state index in [-0.39, 0.29) is 17.2 Å². The lowest BCUT2D eigenvalue weighted by Crippen LogP contribution is -2.04. The highest BCUT2D eigenvalue weighted by Crippen LogP contribution is 2.31. The van der Waals surface area contributed by atoms with Gasteiger partial charge in [-0.2, -0.15) is 13.2 Å². The van der Waals surface area contributed by atoms with Crippen molar-refractivity contribution >= 4 is 28.3 Å². The fraction of sp³-hybridized carbons (Fsp3) is 0.273. The number of carbonyl (C=O) groups excluding carboxylic acids is 1. The highest BCUT2D eigenvalue weighted by Gasteiger charge is 2.30. The van der Waals surface area contributed by atoms with Crippen LogP contribution in [0.15, 0.2) is 29.3 Å². The number of halogens is 3. The molecule has 1 aromatic rings. The van der Waals surface area contributed by atoms with Gasteiger partial charge in [0, 0.05) is 11.5 Å². The number of benzene rings is 1. The lowest BCUT2D eigenvalue weighted by molar-refractivity contribution is -0.137. The van der Waals surface area contributed by atoms with Gasteiger partial charge in [0.05, 0.1) is 17.7 Å². The number of hydrogen-bond acceptors (Lipinski definition) is 3. The van der Waals surface area contributed by atoms with Crippen LogP contribution in [0.3, 0.4) is 0 Å². The molecule has 6 heteroatoms. The van der Waals surface area contributed by atoms with Gasteiger partial charge in [-0.05, 0) is 18.2 Å². The van der Waals surface area contributed by atoms with Crippen molar-refractivity contribution in [3.8, 4) is 0 Å². The highest BCUT2D eigenvalue weighted by molar-refractivity contribution is 8.14. The summed E-state index contributed by atoms with van der Waals surface area (Å²) in [6.45, 7) is 0. The Balaban J connectivity index is 2.25. The van der Waals surface area contributed by atoms with Crippen molar-refractivity contribution in [3.05, 3.63) is 29.8 Å². The molecule has 1 fully saturated rings. The molecule has 2 rings (SSSR count). The molecule has 0 aromatic heterocycles. The van der Waals surface area contributed by atoms with E-state index in [9.17, 15) is 18.0 Å². The van der Waals surface area contributed by atoms with Crippen LogP contribution in [0.25, 0.3) is 0 Å². The Labute approximate surface area is 99.9 Å². The summed E-state index contributed by atoms with van der Waals surface area (Å²) in [6.07, 6.45) is -4.14. The minimum Gasteiger partial charge on any atom is -0.287 e. The summed E-state index contributed by atoms with van der Waals surface area (Å²) in [5, 5.41) is 0.00993. The molecule has 17 heavy (non-hydrogen) atoms. The molecule has 0 radical (unpaired) electrons. The first kappa shape index (κ1) is 12.2. The largest absolute Gasteiger partial charge is 0.416 e. The Morgan fingerprint density at radius 2 is 2.06 bits per heavy atom. The molecule has 0 N–H and O–H groups in total. The van der Waals surface area contributed by atoms with Gasteiger partial charge in [-0.3, -0.25) is 9.79 Å². The van der Waals surface area contributed by atoms with E-state index in [0.717, 1.165) is 23.9 Å². The SMILES string of the molecule is O=C1CC(=Nc2cccc(C(F)(F)F)c2)CS1. The van der Waals surface area contributed by atoms with Crippen molar-refractivity contribution in [1.29, 1.82) is 0 Å². The van der Waals surface area contributed by atoms with Crippen LogP contribution >= 0.6 is 11.8 Å². The first-order valence-corrected chi connectivity index (χ1v) is 5.83. The fourth-order valence-electron chi connectivity index (χ4n) is 1.44. The smallest absolute Gasteiger partial charge is 0.287 e. The lowest BCUT2D eigenvalue weighted by Gasteiger charge is -2.06. The average Bonchev–Trinajstić information content (AvgIpc) is 2.63. The second-order valence-electron chi connectivity index (χ2n) is 3.56. The number of nitrogens with zero attached hydrogens (tertiary/aromatic N) is 1. The molecule has 1 saturated heterocycles. The average molecular weight is 259 g/mol. The number of hydrogen-bond donors (Lipinski definition) is 0. The molecule has 0 amide bonds. The summed E-state index contributed by atoms with van der Waals surface area (Å²) in [5.74, 6) is 0.467. The molecule has 0 atom stereocenters. The maximum absolute atomic E-state index is 12.4. The van der Waals surface area contributed by atoms with Crippen LogP contribution < -0.4 is 0 Å². The van der Waals surface area contributed by atoms with E-state index >= 15 is 0 Å². The molecule has 0 bridgehead atoms. The first-order chi connectivity index (χ1) is 7.95. The zero-order chi connectivity index (χ0) is 12.5. The minimum absolute atomic E-state index is 0.00993. The van der Waals surface area contributed by atoms with Gasteiger partial charge in [-0.25, -0.2) is 0 Å². The van der Waals surface area contributed by atoms with Gasteiger partial charge in [0.1, 0.15) is 0 Å². The van der Waals surface area contributed by atoms with Crippen LogP contribution in [0.1, 0.15) is 12.0 Å². The van der Waals surface area contributed by atoms with Gasteiger partial charge in [0.15, 0.2) is 5.12 Å². The van der Waals surface area contributed by atoms with Crippen LogP contribution in [0.4, 0.5) is 18.9 Å². The van der Waals surface area contributed by atoms with E-state index < -0.39 is 11.7 Å². The molecule has 1 aliphatic heterocycles. The molecule has 0 unspecified atom stereocenters. The maximum Gasteiger partial charge on any atom is 0.416 e. The van der Waals surface area contributed by atoms with E-state index in [0.29, 0.717) is 11.5 Å². The molecule has 1 heterocycles. The predicted octanol–water partition coefficient (Wildman–Crippen LogP) is 3.44. The van der Waals surface area contributed by atoms with Crippen molar-refractivity contribution in [2.45, 2.75) is 12.6 Å². The quantitative estimate of drug-likeness (QED) is 0.773. The van der Waals surface area contributed by atoms with Gasteiger partial charge in [-0.15, -0.1) is 0 Å². The normalized spacial score (nSPS) is 19.0. The second-order valence-corrected chi connectivity index (χ2v) is 4.60. The molecular formula is C11H8F3NOS. The number of rotatable bonds is 1. The monoisotopic (exact) mass is 259 g/mol. The van der Waals surface area contributed by atoms with E-state index in [1.54, 1.807) is 0 Å². The Bertz CT molecular complexity index is 482. The van der Waals surface area contributed by atoms with Crippen LogP contribution in [0.2, 0.25) is 0 Å². The van der Waals surface area contributed by atoms with Crippen LogP contribution in [0.5, 0.6) is 0 Å². The predicted molar refractivity (Wildman–Crippen MR) is 60.6 cm³/mol. The number of alkyl halides is 3. The zero-order valence-electron chi connectivity index (χ0n) is 8.62. The van der Waals surface area contributed by atoms with Crippen LogP contribution in [0, 0.1) is 0 Å². The molecule has 1 aliphatic rings. The Morgan fingerprint density at radius 1 is 1.29 bits per heavy atom. The van der Waals surface area contributed by atoms with Crippen molar-refractivity contribution < 1.29 is 18.0 Å². The second kappa shape index (κ2) is 4.52. The molecule has 0 spiro atoms. The third-order valence-electron chi connectivity index (χ3n) is 2.21. The first-order valence-electron chi connectivity index (χ1n) is 4.84. The minimum atomic E-state index is -4.36. The van der Waals surface area contributed by atoms with Crippen LogP contribution in [-0.4, -0.2) is 16.6 Å². The lowest BCUT2D eigenvalue weighted by atomic mass is 10.2. The fourth-order valence-corrected chi connectivity index (χ4v) is 2.20. The maximum atomic E-state index is 12.4. The van der Waals surface area contributed by atoms with Crippen molar-refractivity contribution in [2.75, 3.05) is 5.75 Å². The molecule has 90 valence electrons. The Kier molecular flexibility index (Phi) is 3.24. The highest BCUT2D eigenvalue weighted by atomic mass is 32.2. The third-order valence-corrected chi connectivity index (χ3v) is 3.15. The molecule has 0 aliphatic carbocycles. The summed E-state index contributed by atoms with van der Waals surface area (Å²) >= 11 is 1.14. The summed E-state index contributed by atoms with van der Waals surface area (Å²) in [4.78, 5) is 15.0. The molecule has 0 saturated carbocycles. The summed E-state index contributed by atoms with van der Waals surface area (Å²) in [6, 6.07) is 4.79. The van der Waals surface area contributed by atoms with E-state index in [2.05, 4.69) is 4.99 Å². The van der Waals surface area contributed by atoms with Gasteiger partial charge < -0.3 is 0 Å². The summed E-state index contributed by atoms with van der Waals surface area (Å²) in [7, 11) is 0. The number of thioether (sulfide) groups is 1. The molecule has 2 nitrogen and oxygen atoms in total. The van der Waals surface area contributed by atoms with Gasteiger partial charge in [-0.1, -0.05) is 17.8 Å². The van der Waals surface area contributed by atoms with Gasteiger partial charge in [0.25, 0.3) is 0 Å². The Hall–Kier alpha value is -1.30. The van der Waals surface area contributed by atoms with Crippen molar-refractivity contribution in [3.63, 3.8) is 0 Å². The van der Waals surface area contributed by atoms with Crippen molar-refractivity contribution in [2.24, 2.45) is 4.99 Å². The Morgan fingerprint density at radius 3 is 2.65 bits per heavy atom. The summed E-state index contributed by atoms with van der Waals surface area (Å²) in [5.41, 5.74) is 0.140. The standard InChI is InChI=1S/C11H8F3NOS/c12-11(13,14)7-2-1-3-8(4-7)15-9-5-10(16)17-6-9/h1-4H,5-6H2. The van der Waals surface area contributed by atoms with E-state index in [1.807, 2.05) is 0 Å². The molecular weight excluding hydrogens is 251 g/mol. The van der Waals surface area contributed by atoms with Crippen molar-refractivity contribution in [1.82, 2.24) is 0 Å². The van der Waals surface area contributed by atoms with E-state index in [1.165, 1.54) is 12.1 Å². The van der Waals surface area contributed by atoms with E-state index in [4.69, 9.17) is 0 Å². The zero-order valence-corrected chi connectivity index (χ0v) is 9.44. The molecule has 1 aromatic carbocycles. The third kappa shape index (κ3) is 3.09. The summed E-state index contributed by atoms with van der Waals surface area (Å²) < 4.78 is 37.3. The van der Waals surface area contributed by atoms with Crippen LogP contribution in [-0.2, 0) is 11.0 Å². The number of carbonyl (C=O) groups is 1.